The maximum atomic E-state index is 5.63. The van der Waals surface area contributed by atoms with E-state index in [2.05, 4.69) is 61.5 Å². The van der Waals surface area contributed by atoms with E-state index in [4.69, 9.17) is 11.5 Å². The van der Waals surface area contributed by atoms with Crippen molar-refractivity contribution in [2.45, 2.75) is 20.0 Å². The Balaban J connectivity index is 2.32. The second-order valence-corrected chi connectivity index (χ2v) is 4.50. The highest BCUT2D eigenvalue weighted by atomic mass is 14.5. The fourth-order valence-corrected chi connectivity index (χ4v) is 2.14. The highest BCUT2D eigenvalue weighted by Crippen LogP contribution is 2.24. The van der Waals surface area contributed by atoms with Crippen molar-refractivity contribution in [1.82, 2.24) is 0 Å². The molecule has 0 unspecified atom stereocenters. The summed E-state index contributed by atoms with van der Waals surface area (Å²) in [4.78, 5) is 0. The van der Waals surface area contributed by atoms with Crippen molar-refractivity contribution in [2.24, 2.45) is 11.5 Å². The summed E-state index contributed by atoms with van der Waals surface area (Å²) >= 11 is 0. The molecule has 0 heterocycles. The Morgan fingerprint density at radius 2 is 1.16 bits per heavy atom. The number of rotatable bonds is 4. The van der Waals surface area contributed by atoms with Crippen LogP contribution in [0.4, 0.5) is 0 Å². The van der Waals surface area contributed by atoms with Gasteiger partial charge in [-0.1, -0.05) is 54.6 Å². The Morgan fingerprint density at radius 1 is 0.789 bits per heavy atom. The summed E-state index contributed by atoms with van der Waals surface area (Å²) < 4.78 is 0. The van der Waals surface area contributed by atoms with Crippen LogP contribution in [0.5, 0.6) is 0 Å². The maximum absolute atomic E-state index is 5.63. The van der Waals surface area contributed by atoms with E-state index < -0.39 is 0 Å². The molecule has 19 heavy (non-hydrogen) atoms. The lowest BCUT2D eigenvalue weighted by molar-refractivity contribution is 1.07. The Labute approximate surface area is 114 Å². The van der Waals surface area contributed by atoms with Crippen LogP contribution in [0.25, 0.3) is 5.57 Å². The molecule has 0 bridgehead atoms. The highest BCUT2D eigenvalue weighted by Gasteiger charge is 2.04. The molecule has 2 aromatic carbocycles. The van der Waals surface area contributed by atoms with Gasteiger partial charge in [0.05, 0.1) is 0 Å². The molecule has 0 radical (unpaired) electrons. The third-order valence-electron chi connectivity index (χ3n) is 3.29. The molecule has 0 aliphatic carbocycles. The molecule has 0 aliphatic heterocycles. The third kappa shape index (κ3) is 3.11. The fourth-order valence-electron chi connectivity index (χ4n) is 2.14. The Morgan fingerprint density at radius 3 is 1.42 bits per heavy atom. The zero-order chi connectivity index (χ0) is 13.7. The van der Waals surface area contributed by atoms with E-state index in [9.17, 15) is 0 Å². The molecule has 0 fully saturated rings. The molecule has 4 N–H and O–H groups in total. The molecular weight excluding hydrogens is 232 g/mol. The van der Waals surface area contributed by atoms with Crippen molar-refractivity contribution in [2.75, 3.05) is 0 Å². The first kappa shape index (κ1) is 13.5. The van der Waals surface area contributed by atoms with Gasteiger partial charge in [-0.25, -0.2) is 0 Å². The fraction of sp³-hybridized carbons (Fsp3) is 0.176. The van der Waals surface area contributed by atoms with Crippen molar-refractivity contribution in [3.05, 3.63) is 76.9 Å². The highest BCUT2D eigenvalue weighted by molar-refractivity contribution is 5.79. The molecule has 0 saturated carbocycles. The van der Waals surface area contributed by atoms with Crippen LogP contribution in [0.15, 0.2) is 54.6 Å². The van der Waals surface area contributed by atoms with Gasteiger partial charge in [0.2, 0.25) is 0 Å². The van der Waals surface area contributed by atoms with Gasteiger partial charge in [0.1, 0.15) is 0 Å². The first-order valence-electron chi connectivity index (χ1n) is 6.53. The van der Waals surface area contributed by atoms with E-state index in [1.54, 1.807) is 0 Å². The standard InChI is InChI=1S/C17H20N2/c1-2-17(15-7-3-13(11-18)4-8-15)16-9-5-14(12-19)6-10-16/h2-10H,11-12,18-19H2,1H3. The quantitative estimate of drug-likeness (QED) is 0.878. The first-order valence-corrected chi connectivity index (χ1v) is 6.53. The van der Waals surface area contributed by atoms with Crippen LogP contribution in [0.1, 0.15) is 29.2 Å². The van der Waals surface area contributed by atoms with Crippen molar-refractivity contribution >= 4 is 5.57 Å². The second-order valence-electron chi connectivity index (χ2n) is 4.50. The van der Waals surface area contributed by atoms with Crippen LogP contribution >= 0.6 is 0 Å². The van der Waals surface area contributed by atoms with Gasteiger partial charge in [-0.3, -0.25) is 0 Å². The van der Waals surface area contributed by atoms with E-state index in [1.165, 1.54) is 16.7 Å². The lowest BCUT2D eigenvalue weighted by Crippen LogP contribution is -1.97. The van der Waals surface area contributed by atoms with Crippen LogP contribution in [0, 0.1) is 0 Å². The van der Waals surface area contributed by atoms with Gasteiger partial charge in [-0.15, -0.1) is 0 Å². The van der Waals surface area contributed by atoms with Crippen molar-refractivity contribution in [3.63, 3.8) is 0 Å². The predicted molar refractivity (Wildman–Crippen MR) is 81.4 cm³/mol. The zero-order valence-electron chi connectivity index (χ0n) is 11.3. The largest absolute Gasteiger partial charge is 0.326 e. The van der Waals surface area contributed by atoms with Crippen LogP contribution in [-0.2, 0) is 13.1 Å². The van der Waals surface area contributed by atoms with Crippen molar-refractivity contribution in [3.8, 4) is 0 Å². The molecule has 0 spiro atoms. The summed E-state index contributed by atoms with van der Waals surface area (Å²) in [6.45, 7) is 3.22. The number of hydrogen-bond donors (Lipinski definition) is 2. The lowest BCUT2D eigenvalue weighted by Gasteiger charge is -2.09. The van der Waals surface area contributed by atoms with E-state index in [0.29, 0.717) is 13.1 Å². The number of nitrogens with two attached hydrogens (primary N) is 2. The van der Waals surface area contributed by atoms with Crippen LogP contribution in [0.3, 0.4) is 0 Å². The average Bonchev–Trinajstić information content (AvgIpc) is 2.49. The third-order valence-corrected chi connectivity index (χ3v) is 3.29. The zero-order valence-corrected chi connectivity index (χ0v) is 11.3. The summed E-state index contributed by atoms with van der Waals surface area (Å²) in [5, 5.41) is 0. The normalized spacial score (nSPS) is 10.3. The summed E-state index contributed by atoms with van der Waals surface area (Å²) in [6.07, 6.45) is 2.13. The molecule has 2 heteroatoms. The van der Waals surface area contributed by atoms with Gasteiger partial charge in [0.25, 0.3) is 0 Å². The molecule has 0 atom stereocenters. The minimum absolute atomic E-state index is 0.580. The van der Waals surface area contributed by atoms with Gasteiger partial charge < -0.3 is 11.5 Å². The first-order chi connectivity index (χ1) is 9.28. The second kappa shape index (κ2) is 6.32. The molecule has 2 rings (SSSR count). The molecule has 98 valence electrons. The van der Waals surface area contributed by atoms with Crippen LogP contribution < -0.4 is 11.5 Å². The minimum atomic E-state index is 0.580. The predicted octanol–water partition coefficient (Wildman–Crippen LogP) is 3.06. The molecular formula is C17H20N2. The number of benzene rings is 2. The summed E-state index contributed by atoms with van der Waals surface area (Å²) in [6, 6.07) is 16.8. The lowest BCUT2D eigenvalue weighted by atomic mass is 9.96. The van der Waals surface area contributed by atoms with Crippen molar-refractivity contribution < 1.29 is 0 Å². The Hall–Kier alpha value is -1.90. The Bertz CT molecular complexity index is 501. The van der Waals surface area contributed by atoms with Crippen molar-refractivity contribution in [1.29, 1.82) is 0 Å². The maximum Gasteiger partial charge on any atom is 0.0178 e. The molecule has 0 saturated heterocycles. The monoisotopic (exact) mass is 252 g/mol. The SMILES string of the molecule is CC=C(c1ccc(CN)cc1)c1ccc(CN)cc1. The number of hydrogen-bond acceptors (Lipinski definition) is 2. The molecule has 2 aromatic rings. The number of allylic oxidation sites excluding steroid dienone is 1. The van der Waals surface area contributed by atoms with E-state index >= 15 is 0 Å². The van der Waals surface area contributed by atoms with Gasteiger partial charge in [-0.2, -0.15) is 0 Å². The molecule has 0 aromatic heterocycles. The van der Waals surface area contributed by atoms with E-state index in [-0.39, 0.29) is 0 Å². The van der Waals surface area contributed by atoms with Crippen LogP contribution in [-0.4, -0.2) is 0 Å². The topological polar surface area (TPSA) is 52.0 Å². The minimum Gasteiger partial charge on any atom is -0.326 e. The summed E-state index contributed by atoms with van der Waals surface area (Å²) in [5.74, 6) is 0. The van der Waals surface area contributed by atoms with E-state index in [1.807, 2.05) is 0 Å². The van der Waals surface area contributed by atoms with Gasteiger partial charge in [0, 0.05) is 13.1 Å². The molecule has 0 aliphatic rings. The summed E-state index contributed by atoms with van der Waals surface area (Å²) in [5.41, 5.74) is 17.2. The summed E-state index contributed by atoms with van der Waals surface area (Å²) in [7, 11) is 0. The van der Waals surface area contributed by atoms with E-state index in [0.717, 1.165) is 11.1 Å². The van der Waals surface area contributed by atoms with Crippen LogP contribution in [0.2, 0.25) is 0 Å². The van der Waals surface area contributed by atoms with Gasteiger partial charge in [-0.05, 0) is 34.8 Å². The molecule has 0 amide bonds. The Kier molecular flexibility index (Phi) is 4.50. The average molecular weight is 252 g/mol. The smallest absolute Gasteiger partial charge is 0.0178 e. The van der Waals surface area contributed by atoms with Gasteiger partial charge in [0.15, 0.2) is 0 Å². The molecule has 2 nitrogen and oxygen atoms in total. The van der Waals surface area contributed by atoms with Gasteiger partial charge >= 0.3 is 0 Å².